The van der Waals surface area contributed by atoms with Gasteiger partial charge in [-0.2, -0.15) is 0 Å². The normalized spacial score (nSPS) is 17.2. The number of hydrogen-bond acceptors (Lipinski definition) is 2. The molecule has 0 spiro atoms. The lowest BCUT2D eigenvalue weighted by molar-refractivity contribution is 0.0690. The number of fused-ring (bicyclic) bond motifs is 1. The number of hydrogen-bond donors (Lipinski definition) is 2. The summed E-state index contributed by atoms with van der Waals surface area (Å²) in [6.07, 6.45) is 1.93. The van der Waals surface area contributed by atoms with Crippen molar-refractivity contribution in [1.82, 2.24) is 4.98 Å². The highest BCUT2D eigenvalue weighted by molar-refractivity contribution is 6.42. The minimum absolute atomic E-state index is 0.00132. The second kappa shape index (κ2) is 6.02. The lowest BCUT2D eigenvalue weighted by Crippen LogP contribution is -2.24. The molecule has 4 nitrogen and oxygen atoms in total. The zero-order chi connectivity index (χ0) is 16.7. The maximum Gasteiger partial charge on any atom is 0.352 e. The Morgan fingerprint density at radius 3 is 2.74 bits per heavy atom. The van der Waals surface area contributed by atoms with Crippen LogP contribution in [0.4, 0.5) is 0 Å². The number of aromatic carboxylic acids is 1. The fraction of sp³-hybridized carbons (Fsp3) is 0.294. The Morgan fingerprint density at radius 2 is 2.09 bits per heavy atom. The fourth-order valence-corrected chi connectivity index (χ4v) is 3.51. The Morgan fingerprint density at radius 1 is 1.35 bits per heavy atom. The van der Waals surface area contributed by atoms with Gasteiger partial charge in [0.15, 0.2) is 5.78 Å². The minimum Gasteiger partial charge on any atom is -0.477 e. The molecule has 1 atom stereocenters. The second-order valence-electron chi connectivity index (χ2n) is 5.84. The molecule has 120 valence electrons. The van der Waals surface area contributed by atoms with Gasteiger partial charge in [0.1, 0.15) is 5.69 Å². The highest BCUT2D eigenvalue weighted by Crippen LogP contribution is 2.32. The number of H-pyrrole nitrogens is 1. The SMILES string of the molecule is Cc1c(C(=O)O)[nH]c2c1C(=O)C(Cc1ccc(Cl)c(Cl)c1)CC2. The van der Waals surface area contributed by atoms with Gasteiger partial charge in [-0.1, -0.05) is 29.3 Å². The van der Waals surface area contributed by atoms with Gasteiger partial charge in [0.25, 0.3) is 0 Å². The van der Waals surface area contributed by atoms with Gasteiger partial charge in [-0.15, -0.1) is 0 Å². The number of carbonyl (C=O) groups excluding carboxylic acids is 1. The first kappa shape index (κ1) is 16.1. The van der Waals surface area contributed by atoms with Gasteiger partial charge in [0, 0.05) is 17.2 Å². The number of carboxylic acid groups (broad SMARTS) is 1. The van der Waals surface area contributed by atoms with Crippen molar-refractivity contribution in [3.63, 3.8) is 0 Å². The molecule has 3 rings (SSSR count). The summed E-state index contributed by atoms with van der Waals surface area (Å²) in [7, 11) is 0. The molecule has 1 aromatic heterocycles. The van der Waals surface area contributed by atoms with Crippen molar-refractivity contribution in [3.05, 3.63) is 56.3 Å². The topological polar surface area (TPSA) is 70.2 Å². The number of rotatable bonds is 3. The van der Waals surface area contributed by atoms with Gasteiger partial charge in [-0.25, -0.2) is 4.79 Å². The van der Waals surface area contributed by atoms with Crippen LogP contribution >= 0.6 is 23.2 Å². The van der Waals surface area contributed by atoms with Crippen molar-refractivity contribution in [2.24, 2.45) is 5.92 Å². The number of benzene rings is 1. The Balaban J connectivity index is 1.88. The number of aromatic amines is 1. The van der Waals surface area contributed by atoms with Crippen molar-refractivity contribution in [1.29, 1.82) is 0 Å². The van der Waals surface area contributed by atoms with Crippen LogP contribution in [0.5, 0.6) is 0 Å². The molecule has 2 N–H and O–H groups in total. The Kier molecular flexibility index (Phi) is 4.21. The molecule has 1 heterocycles. The predicted molar refractivity (Wildman–Crippen MR) is 88.8 cm³/mol. The molecule has 23 heavy (non-hydrogen) atoms. The fourth-order valence-electron chi connectivity index (χ4n) is 3.19. The smallest absolute Gasteiger partial charge is 0.352 e. The first-order valence-electron chi connectivity index (χ1n) is 7.31. The minimum atomic E-state index is -1.04. The molecule has 0 aliphatic heterocycles. The average Bonchev–Trinajstić information content (AvgIpc) is 2.84. The molecule has 1 aliphatic carbocycles. The highest BCUT2D eigenvalue weighted by atomic mass is 35.5. The zero-order valence-corrected chi connectivity index (χ0v) is 14.0. The zero-order valence-electron chi connectivity index (χ0n) is 12.5. The number of ketones is 1. The summed E-state index contributed by atoms with van der Waals surface area (Å²) in [5.74, 6) is -1.21. The summed E-state index contributed by atoms with van der Waals surface area (Å²) in [4.78, 5) is 26.9. The number of aryl methyl sites for hydroxylation is 1. The van der Waals surface area contributed by atoms with Gasteiger partial charge < -0.3 is 10.1 Å². The van der Waals surface area contributed by atoms with Crippen LogP contribution < -0.4 is 0 Å². The van der Waals surface area contributed by atoms with Crippen LogP contribution in [0.3, 0.4) is 0 Å². The van der Waals surface area contributed by atoms with Gasteiger partial charge in [-0.05, 0) is 49.4 Å². The average molecular weight is 352 g/mol. The van der Waals surface area contributed by atoms with Crippen molar-refractivity contribution in [2.75, 3.05) is 0 Å². The molecule has 0 amide bonds. The van der Waals surface area contributed by atoms with Crippen LogP contribution in [-0.4, -0.2) is 21.8 Å². The third kappa shape index (κ3) is 2.89. The molecular weight excluding hydrogens is 337 g/mol. The Bertz CT molecular complexity index is 810. The van der Waals surface area contributed by atoms with E-state index in [4.69, 9.17) is 23.2 Å². The van der Waals surface area contributed by atoms with Crippen molar-refractivity contribution in [2.45, 2.75) is 26.2 Å². The first-order chi connectivity index (χ1) is 10.9. The van der Waals surface area contributed by atoms with Gasteiger partial charge >= 0.3 is 5.97 Å². The molecule has 0 saturated heterocycles. The molecule has 0 saturated carbocycles. The monoisotopic (exact) mass is 351 g/mol. The van der Waals surface area contributed by atoms with Gasteiger partial charge in [-0.3, -0.25) is 4.79 Å². The number of carbonyl (C=O) groups is 2. The van der Waals surface area contributed by atoms with E-state index in [1.807, 2.05) is 6.07 Å². The summed E-state index contributed by atoms with van der Waals surface area (Å²) >= 11 is 11.9. The largest absolute Gasteiger partial charge is 0.477 e. The third-order valence-electron chi connectivity index (χ3n) is 4.37. The van der Waals surface area contributed by atoms with Crippen molar-refractivity contribution in [3.8, 4) is 0 Å². The van der Waals surface area contributed by atoms with Gasteiger partial charge in [0.2, 0.25) is 0 Å². The lowest BCUT2D eigenvalue weighted by atomic mass is 9.81. The molecule has 0 bridgehead atoms. The number of nitrogens with one attached hydrogen (secondary N) is 1. The quantitative estimate of drug-likeness (QED) is 0.865. The highest BCUT2D eigenvalue weighted by Gasteiger charge is 2.32. The summed E-state index contributed by atoms with van der Waals surface area (Å²) in [5.41, 5.74) is 2.86. The van der Waals surface area contributed by atoms with E-state index in [2.05, 4.69) is 4.98 Å². The van der Waals surface area contributed by atoms with E-state index in [1.54, 1.807) is 19.1 Å². The second-order valence-corrected chi connectivity index (χ2v) is 6.65. The number of Topliss-reactive ketones (excluding diaryl/α,β-unsaturated/α-hetero) is 1. The lowest BCUT2D eigenvalue weighted by Gasteiger charge is -2.21. The molecule has 1 unspecified atom stereocenters. The molecule has 0 radical (unpaired) electrons. The number of carboxylic acids is 1. The summed E-state index contributed by atoms with van der Waals surface area (Å²) in [6.45, 7) is 1.68. The third-order valence-corrected chi connectivity index (χ3v) is 5.11. The van der Waals surface area contributed by atoms with E-state index in [9.17, 15) is 14.7 Å². The van der Waals surface area contributed by atoms with Crippen molar-refractivity contribution >= 4 is 35.0 Å². The van der Waals surface area contributed by atoms with E-state index in [1.165, 1.54) is 0 Å². The summed E-state index contributed by atoms with van der Waals surface area (Å²) in [5, 5.41) is 10.1. The maximum atomic E-state index is 12.8. The van der Waals surface area contributed by atoms with E-state index < -0.39 is 5.97 Å². The van der Waals surface area contributed by atoms with E-state index >= 15 is 0 Å². The summed E-state index contributed by atoms with van der Waals surface area (Å²) < 4.78 is 0. The van der Waals surface area contributed by atoms with Gasteiger partial charge in [0.05, 0.1) is 10.0 Å². The van der Waals surface area contributed by atoms with E-state index in [-0.39, 0.29) is 17.4 Å². The molecule has 6 heteroatoms. The Hall–Kier alpha value is -1.78. The molecule has 1 aliphatic rings. The van der Waals surface area contributed by atoms with E-state index in [0.29, 0.717) is 40.4 Å². The van der Waals surface area contributed by atoms with Crippen LogP contribution in [-0.2, 0) is 12.8 Å². The van der Waals surface area contributed by atoms with Crippen LogP contribution in [0.2, 0.25) is 10.0 Å². The van der Waals surface area contributed by atoms with E-state index in [0.717, 1.165) is 11.3 Å². The molecule has 2 aromatic rings. The first-order valence-corrected chi connectivity index (χ1v) is 8.07. The molecule has 1 aromatic carbocycles. The molecular formula is C17H15Cl2NO3. The van der Waals surface area contributed by atoms with Crippen LogP contribution in [0.1, 0.15) is 44.1 Å². The summed E-state index contributed by atoms with van der Waals surface area (Å²) in [6, 6.07) is 5.37. The Labute approximate surface area is 143 Å². The maximum absolute atomic E-state index is 12.8. The van der Waals surface area contributed by atoms with Crippen LogP contribution in [0.15, 0.2) is 18.2 Å². The number of halogens is 2. The molecule has 0 fully saturated rings. The predicted octanol–water partition coefficient (Wildman–Crippen LogP) is 4.32. The standard InChI is InChI=1S/C17H15Cl2NO3/c1-8-14-13(20-15(8)17(22)23)5-3-10(16(14)21)6-9-2-4-11(18)12(19)7-9/h2,4,7,10,20H,3,5-6H2,1H3,(H,22,23). The van der Waals surface area contributed by atoms with Crippen LogP contribution in [0.25, 0.3) is 0 Å². The number of aromatic nitrogens is 1. The van der Waals surface area contributed by atoms with Crippen LogP contribution in [0, 0.1) is 12.8 Å². The van der Waals surface area contributed by atoms with Crippen molar-refractivity contribution < 1.29 is 14.7 Å².